The summed E-state index contributed by atoms with van der Waals surface area (Å²) in [5, 5.41) is 9.17. The summed E-state index contributed by atoms with van der Waals surface area (Å²) in [6, 6.07) is 9.85. The molecular formula is C14H12N4S2. The van der Waals surface area contributed by atoms with E-state index in [0.29, 0.717) is 0 Å². The lowest BCUT2D eigenvalue weighted by atomic mass is 10.3. The van der Waals surface area contributed by atoms with Crippen LogP contribution in [0.3, 0.4) is 0 Å². The first-order valence-corrected chi connectivity index (χ1v) is 7.80. The van der Waals surface area contributed by atoms with Crippen LogP contribution in [0.2, 0.25) is 0 Å². The number of rotatable bonds is 4. The number of thiophene rings is 1. The lowest BCUT2D eigenvalue weighted by Gasteiger charge is -1.99. The summed E-state index contributed by atoms with van der Waals surface area (Å²) in [5.41, 5.74) is 5.66. The molecule has 0 aliphatic carbocycles. The van der Waals surface area contributed by atoms with Gasteiger partial charge in [-0.2, -0.15) is 5.10 Å². The number of thiazole rings is 1. The number of anilines is 1. The van der Waals surface area contributed by atoms with Gasteiger partial charge in [0.25, 0.3) is 0 Å². The van der Waals surface area contributed by atoms with Crippen LogP contribution in [0.4, 0.5) is 5.13 Å². The van der Waals surface area contributed by atoms with E-state index in [-0.39, 0.29) is 0 Å². The van der Waals surface area contributed by atoms with Gasteiger partial charge in [0.2, 0.25) is 5.13 Å². The van der Waals surface area contributed by atoms with Crippen LogP contribution in [0.1, 0.15) is 12.6 Å². The molecular weight excluding hydrogens is 288 g/mol. The minimum absolute atomic E-state index is 0.781. The Balaban J connectivity index is 1.73. The van der Waals surface area contributed by atoms with E-state index in [0.717, 1.165) is 22.2 Å². The maximum atomic E-state index is 4.51. The highest BCUT2D eigenvalue weighted by molar-refractivity contribution is 7.15. The van der Waals surface area contributed by atoms with E-state index >= 15 is 0 Å². The number of nitrogens with zero attached hydrogens (tertiary/aromatic N) is 3. The normalized spacial score (nSPS) is 11.6. The molecule has 0 aliphatic heterocycles. The maximum Gasteiger partial charge on any atom is 0.203 e. The first kappa shape index (κ1) is 13.0. The fourth-order valence-corrected chi connectivity index (χ4v) is 3.04. The summed E-state index contributed by atoms with van der Waals surface area (Å²) < 4.78 is 0. The molecule has 0 aliphatic rings. The van der Waals surface area contributed by atoms with Crippen LogP contribution in [-0.4, -0.2) is 15.7 Å². The third-order valence-corrected chi connectivity index (χ3v) is 4.27. The summed E-state index contributed by atoms with van der Waals surface area (Å²) in [5.74, 6) is 0. The molecule has 0 radical (unpaired) electrons. The van der Waals surface area contributed by atoms with E-state index in [1.807, 2.05) is 41.9 Å². The minimum atomic E-state index is 0.781. The quantitative estimate of drug-likeness (QED) is 0.583. The van der Waals surface area contributed by atoms with Crippen molar-refractivity contribution in [3.05, 3.63) is 53.0 Å². The zero-order valence-corrected chi connectivity index (χ0v) is 12.4. The molecule has 0 saturated carbocycles. The number of hydrazone groups is 1. The smallest absolute Gasteiger partial charge is 0.203 e. The van der Waals surface area contributed by atoms with Crippen molar-refractivity contribution in [1.82, 2.24) is 9.97 Å². The molecule has 20 heavy (non-hydrogen) atoms. The molecule has 0 saturated heterocycles. The molecule has 1 N–H and O–H groups in total. The maximum absolute atomic E-state index is 4.51. The Kier molecular flexibility index (Phi) is 3.85. The van der Waals surface area contributed by atoms with Gasteiger partial charge >= 0.3 is 0 Å². The van der Waals surface area contributed by atoms with Crippen molar-refractivity contribution >= 4 is 33.5 Å². The van der Waals surface area contributed by atoms with Crippen LogP contribution >= 0.6 is 22.7 Å². The molecule has 3 heterocycles. The van der Waals surface area contributed by atoms with Gasteiger partial charge in [-0.3, -0.25) is 10.4 Å². The molecule has 0 fully saturated rings. The van der Waals surface area contributed by atoms with Crippen molar-refractivity contribution < 1.29 is 0 Å². The summed E-state index contributed by atoms with van der Waals surface area (Å²) in [6.07, 6.45) is 1.76. The highest BCUT2D eigenvalue weighted by Crippen LogP contribution is 2.28. The van der Waals surface area contributed by atoms with Crippen molar-refractivity contribution in [2.75, 3.05) is 5.43 Å². The predicted molar refractivity (Wildman–Crippen MR) is 85.5 cm³/mol. The third kappa shape index (κ3) is 2.92. The summed E-state index contributed by atoms with van der Waals surface area (Å²) in [6.45, 7) is 1.92. The third-order valence-electron chi connectivity index (χ3n) is 2.63. The minimum Gasteiger partial charge on any atom is -0.255 e. The Morgan fingerprint density at radius 3 is 2.90 bits per heavy atom. The average Bonchev–Trinajstić information content (AvgIpc) is 3.16. The van der Waals surface area contributed by atoms with Crippen LogP contribution in [0, 0.1) is 0 Å². The fraction of sp³-hybridized carbons (Fsp3) is 0.0714. The van der Waals surface area contributed by atoms with E-state index < -0.39 is 0 Å². The molecule has 100 valence electrons. The van der Waals surface area contributed by atoms with Gasteiger partial charge in [-0.1, -0.05) is 12.1 Å². The van der Waals surface area contributed by atoms with Crippen LogP contribution in [0.15, 0.2) is 52.4 Å². The highest BCUT2D eigenvalue weighted by Gasteiger charge is 2.05. The molecule has 0 bridgehead atoms. The molecule has 0 amide bonds. The first-order valence-electron chi connectivity index (χ1n) is 6.04. The van der Waals surface area contributed by atoms with Crippen molar-refractivity contribution in [2.45, 2.75) is 6.92 Å². The standard InChI is InChI=1S/C14H12N4S2/c1-10(11-5-2-3-7-15-11)17-18-14-16-12(9-20-14)13-6-4-8-19-13/h2-9H,1H3,(H,16,18)/b17-10+. The number of aromatic nitrogens is 2. The largest absolute Gasteiger partial charge is 0.255 e. The van der Waals surface area contributed by atoms with Crippen molar-refractivity contribution in [1.29, 1.82) is 0 Å². The molecule has 0 atom stereocenters. The molecule has 3 aromatic rings. The lowest BCUT2D eigenvalue weighted by Crippen LogP contribution is -2.01. The van der Waals surface area contributed by atoms with Crippen molar-refractivity contribution in [3.63, 3.8) is 0 Å². The number of hydrogen-bond donors (Lipinski definition) is 1. The number of hydrogen-bond acceptors (Lipinski definition) is 6. The first-order chi connectivity index (χ1) is 9.83. The second kappa shape index (κ2) is 5.94. The van der Waals surface area contributed by atoms with E-state index in [4.69, 9.17) is 0 Å². The second-order valence-electron chi connectivity index (χ2n) is 4.04. The topological polar surface area (TPSA) is 50.2 Å². The van der Waals surface area contributed by atoms with Crippen LogP contribution in [-0.2, 0) is 0 Å². The van der Waals surface area contributed by atoms with Crippen molar-refractivity contribution in [2.24, 2.45) is 5.10 Å². The Hall–Kier alpha value is -2.05. The molecule has 3 aromatic heterocycles. The molecule has 0 unspecified atom stereocenters. The Morgan fingerprint density at radius 1 is 1.20 bits per heavy atom. The Labute approximate surface area is 124 Å². The predicted octanol–water partition coefficient (Wildman–Crippen LogP) is 4.10. The molecule has 0 aromatic carbocycles. The van der Waals surface area contributed by atoms with E-state index in [2.05, 4.69) is 26.6 Å². The van der Waals surface area contributed by atoms with Gasteiger partial charge in [0.15, 0.2) is 0 Å². The van der Waals surface area contributed by atoms with Crippen LogP contribution in [0.25, 0.3) is 10.6 Å². The summed E-state index contributed by atoms with van der Waals surface area (Å²) in [4.78, 5) is 9.93. The van der Waals surface area contributed by atoms with Gasteiger partial charge in [-0.25, -0.2) is 4.98 Å². The Morgan fingerprint density at radius 2 is 2.15 bits per heavy atom. The van der Waals surface area contributed by atoms with Gasteiger partial charge in [-0.15, -0.1) is 22.7 Å². The van der Waals surface area contributed by atoms with Crippen molar-refractivity contribution in [3.8, 4) is 10.6 Å². The van der Waals surface area contributed by atoms with Gasteiger partial charge in [-0.05, 0) is 30.5 Å². The van der Waals surface area contributed by atoms with Gasteiger partial charge in [0, 0.05) is 11.6 Å². The highest BCUT2D eigenvalue weighted by atomic mass is 32.1. The zero-order chi connectivity index (χ0) is 13.8. The molecule has 6 heteroatoms. The van der Waals surface area contributed by atoms with E-state index in [9.17, 15) is 0 Å². The van der Waals surface area contributed by atoms with E-state index in [1.165, 1.54) is 4.88 Å². The number of pyridine rings is 1. The monoisotopic (exact) mass is 300 g/mol. The lowest BCUT2D eigenvalue weighted by molar-refractivity contribution is 1.23. The Bertz CT molecular complexity index is 702. The molecule has 0 spiro atoms. The second-order valence-corrected chi connectivity index (χ2v) is 5.84. The number of nitrogens with one attached hydrogen (secondary N) is 1. The van der Waals surface area contributed by atoms with Gasteiger partial charge in [0.05, 0.1) is 22.0 Å². The van der Waals surface area contributed by atoms with E-state index in [1.54, 1.807) is 28.9 Å². The average molecular weight is 300 g/mol. The van der Waals surface area contributed by atoms with Crippen LogP contribution in [0.5, 0.6) is 0 Å². The van der Waals surface area contributed by atoms with Gasteiger partial charge < -0.3 is 0 Å². The SMILES string of the molecule is C/C(=N\Nc1nc(-c2cccs2)cs1)c1ccccn1. The molecule has 3 rings (SSSR count). The zero-order valence-electron chi connectivity index (χ0n) is 10.8. The molecule has 4 nitrogen and oxygen atoms in total. The summed E-state index contributed by atoms with van der Waals surface area (Å²) >= 11 is 3.22. The summed E-state index contributed by atoms with van der Waals surface area (Å²) in [7, 11) is 0. The van der Waals surface area contributed by atoms with Gasteiger partial charge in [0.1, 0.15) is 0 Å². The van der Waals surface area contributed by atoms with Crippen LogP contribution < -0.4 is 5.43 Å². The fourth-order valence-electron chi connectivity index (χ4n) is 1.63.